The maximum absolute atomic E-state index is 5.70. The van der Waals surface area contributed by atoms with Gasteiger partial charge in [0.2, 0.25) is 0 Å². The molecule has 15 heavy (non-hydrogen) atoms. The lowest BCUT2D eigenvalue weighted by atomic mass is 10.1. The molecule has 1 saturated heterocycles. The average molecular weight is 204 g/mol. The van der Waals surface area contributed by atoms with E-state index in [1.807, 2.05) is 0 Å². The van der Waals surface area contributed by atoms with Crippen molar-refractivity contribution in [3.63, 3.8) is 0 Å². The number of anilines is 1. The Bertz CT molecular complexity index is 346. The van der Waals surface area contributed by atoms with E-state index in [9.17, 15) is 0 Å². The molecule has 82 valence electrons. The summed E-state index contributed by atoms with van der Waals surface area (Å²) in [6, 6.07) is 6.72. The Morgan fingerprint density at radius 3 is 2.73 bits per heavy atom. The van der Waals surface area contributed by atoms with Crippen molar-refractivity contribution >= 4 is 5.69 Å². The average Bonchev–Trinajstić information content (AvgIpc) is 2.70. The summed E-state index contributed by atoms with van der Waals surface area (Å²) in [5, 5.41) is 0. The second-order valence-corrected chi connectivity index (χ2v) is 4.60. The van der Waals surface area contributed by atoms with Crippen LogP contribution in [0.25, 0.3) is 0 Å². The van der Waals surface area contributed by atoms with Gasteiger partial charge in [0.1, 0.15) is 0 Å². The molecule has 2 nitrogen and oxygen atoms in total. The summed E-state index contributed by atoms with van der Waals surface area (Å²) in [5.41, 5.74) is 9.80. The predicted molar refractivity (Wildman–Crippen MR) is 65.3 cm³/mol. The van der Waals surface area contributed by atoms with Crippen LogP contribution in [-0.2, 0) is 0 Å². The van der Waals surface area contributed by atoms with Gasteiger partial charge in [-0.3, -0.25) is 0 Å². The topological polar surface area (TPSA) is 29.3 Å². The first-order valence-electron chi connectivity index (χ1n) is 5.73. The molecule has 1 unspecified atom stereocenters. The Morgan fingerprint density at radius 1 is 1.33 bits per heavy atom. The van der Waals surface area contributed by atoms with Gasteiger partial charge in [-0.1, -0.05) is 6.07 Å². The molecule has 1 aliphatic heterocycles. The normalized spacial score (nSPS) is 21.0. The molecule has 1 aliphatic rings. The van der Waals surface area contributed by atoms with Gasteiger partial charge in [-0.2, -0.15) is 0 Å². The van der Waals surface area contributed by atoms with Gasteiger partial charge >= 0.3 is 0 Å². The molecule has 1 heterocycles. The largest absolute Gasteiger partial charge is 0.371 e. The fraction of sp³-hybridized carbons (Fsp3) is 0.538. The Morgan fingerprint density at radius 2 is 2.13 bits per heavy atom. The number of rotatable bonds is 2. The molecule has 2 N–H and O–H groups in total. The lowest BCUT2D eigenvalue weighted by Gasteiger charge is -2.19. The fourth-order valence-electron chi connectivity index (χ4n) is 2.18. The van der Waals surface area contributed by atoms with Gasteiger partial charge in [-0.15, -0.1) is 0 Å². The molecule has 1 fully saturated rings. The van der Waals surface area contributed by atoms with Crippen molar-refractivity contribution < 1.29 is 0 Å². The van der Waals surface area contributed by atoms with E-state index >= 15 is 0 Å². The summed E-state index contributed by atoms with van der Waals surface area (Å²) in [5.74, 6) is 0.687. The van der Waals surface area contributed by atoms with Gasteiger partial charge in [0.25, 0.3) is 0 Å². The summed E-state index contributed by atoms with van der Waals surface area (Å²) in [6.07, 6.45) is 1.24. The van der Waals surface area contributed by atoms with Crippen LogP contribution in [0.2, 0.25) is 0 Å². The zero-order valence-electron chi connectivity index (χ0n) is 9.66. The zero-order valence-corrected chi connectivity index (χ0v) is 9.66. The van der Waals surface area contributed by atoms with Gasteiger partial charge in [0.05, 0.1) is 0 Å². The minimum absolute atomic E-state index is 0.687. The summed E-state index contributed by atoms with van der Waals surface area (Å²) >= 11 is 0. The number of nitrogens with zero attached hydrogens (tertiary/aromatic N) is 1. The number of benzene rings is 1. The minimum atomic E-state index is 0.687. The maximum atomic E-state index is 5.70. The first-order chi connectivity index (χ1) is 7.20. The van der Waals surface area contributed by atoms with E-state index in [1.54, 1.807) is 0 Å². The third kappa shape index (κ3) is 2.15. The number of nitrogens with two attached hydrogens (primary N) is 1. The highest BCUT2D eigenvalue weighted by molar-refractivity contribution is 5.51. The van der Waals surface area contributed by atoms with Crippen LogP contribution in [0.15, 0.2) is 18.2 Å². The van der Waals surface area contributed by atoms with E-state index in [1.165, 1.54) is 23.2 Å². The molecule has 2 heteroatoms. The number of aryl methyl sites for hydroxylation is 2. The smallest absolute Gasteiger partial charge is 0.0369 e. The standard InChI is InChI=1S/C13H20N2/c1-10-3-4-13(7-11(10)2)15-6-5-12(8-14)9-15/h3-4,7,12H,5-6,8-9,14H2,1-2H3. The Labute approximate surface area is 92.1 Å². The second-order valence-electron chi connectivity index (χ2n) is 4.60. The third-order valence-corrected chi connectivity index (χ3v) is 3.47. The van der Waals surface area contributed by atoms with Gasteiger partial charge in [-0.25, -0.2) is 0 Å². The molecular weight excluding hydrogens is 184 g/mol. The quantitative estimate of drug-likeness (QED) is 0.799. The molecular formula is C13H20N2. The Kier molecular flexibility index (Phi) is 2.96. The van der Waals surface area contributed by atoms with Gasteiger partial charge in [-0.05, 0) is 56.0 Å². The summed E-state index contributed by atoms with van der Waals surface area (Å²) in [6.45, 7) is 7.44. The highest BCUT2D eigenvalue weighted by atomic mass is 15.2. The van der Waals surface area contributed by atoms with E-state index in [-0.39, 0.29) is 0 Å². The maximum Gasteiger partial charge on any atom is 0.0369 e. The summed E-state index contributed by atoms with van der Waals surface area (Å²) < 4.78 is 0. The van der Waals surface area contributed by atoms with Crippen LogP contribution in [0.3, 0.4) is 0 Å². The molecule has 1 aromatic carbocycles. The Hall–Kier alpha value is -1.02. The van der Waals surface area contributed by atoms with Crippen molar-refractivity contribution in [1.29, 1.82) is 0 Å². The van der Waals surface area contributed by atoms with Gasteiger partial charge in [0.15, 0.2) is 0 Å². The number of hydrogen-bond acceptors (Lipinski definition) is 2. The van der Waals surface area contributed by atoms with Crippen LogP contribution < -0.4 is 10.6 Å². The SMILES string of the molecule is Cc1ccc(N2CCC(CN)C2)cc1C. The van der Waals surface area contributed by atoms with Crippen molar-refractivity contribution in [1.82, 2.24) is 0 Å². The lowest BCUT2D eigenvalue weighted by molar-refractivity contribution is 0.602. The molecule has 0 saturated carbocycles. The van der Waals surface area contributed by atoms with Crippen molar-refractivity contribution in [2.24, 2.45) is 11.7 Å². The van der Waals surface area contributed by atoms with E-state index in [2.05, 4.69) is 36.9 Å². The first kappa shape index (κ1) is 10.5. The van der Waals surface area contributed by atoms with Crippen molar-refractivity contribution in [2.45, 2.75) is 20.3 Å². The molecule has 0 spiro atoms. The van der Waals surface area contributed by atoms with Crippen LogP contribution in [0, 0.1) is 19.8 Å². The molecule has 0 aromatic heterocycles. The van der Waals surface area contributed by atoms with Crippen LogP contribution in [0.4, 0.5) is 5.69 Å². The zero-order chi connectivity index (χ0) is 10.8. The van der Waals surface area contributed by atoms with E-state index in [0.29, 0.717) is 5.92 Å². The molecule has 2 rings (SSSR count). The molecule has 1 aromatic rings. The second kappa shape index (κ2) is 4.23. The molecule has 0 amide bonds. The lowest BCUT2D eigenvalue weighted by Crippen LogP contribution is -2.22. The van der Waals surface area contributed by atoms with E-state index < -0.39 is 0 Å². The summed E-state index contributed by atoms with van der Waals surface area (Å²) in [4.78, 5) is 2.45. The molecule has 1 atom stereocenters. The van der Waals surface area contributed by atoms with Crippen molar-refractivity contribution in [2.75, 3.05) is 24.5 Å². The monoisotopic (exact) mass is 204 g/mol. The van der Waals surface area contributed by atoms with Crippen LogP contribution in [-0.4, -0.2) is 19.6 Å². The van der Waals surface area contributed by atoms with Crippen LogP contribution in [0.1, 0.15) is 17.5 Å². The highest BCUT2D eigenvalue weighted by Crippen LogP contribution is 2.24. The van der Waals surface area contributed by atoms with Gasteiger partial charge < -0.3 is 10.6 Å². The van der Waals surface area contributed by atoms with Crippen LogP contribution >= 0.6 is 0 Å². The number of hydrogen-bond donors (Lipinski definition) is 1. The molecule has 0 bridgehead atoms. The van der Waals surface area contributed by atoms with Crippen molar-refractivity contribution in [3.05, 3.63) is 29.3 Å². The van der Waals surface area contributed by atoms with Crippen molar-refractivity contribution in [3.8, 4) is 0 Å². The van der Waals surface area contributed by atoms with E-state index in [4.69, 9.17) is 5.73 Å². The van der Waals surface area contributed by atoms with E-state index in [0.717, 1.165) is 19.6 Å². The molecule has 0 aliphatic carbocycles. The van der Waals surface area contributed by atoms with Crippen LogP contribution in [0.5, 0.6) is 0 Å². The minimum Gasteiger partial charge on any atom is -0.371 e. The molecule has 0 radical (unpaired) electrons. The Balaban J connectivity index is 2.13. The fourth-order valence-corrected chi connectivity index (χ4v) is 2.18. The predicted octanol–water partition coefficient (Wildman–Crippen LogP) is 2.09. The third-order valence-electron chi connectivity index (χ3n) is 3.47. The summed E-state index contributed by atoms with van der Waals surface area (Å²) in [7, 11) is 0. The highest BCUT2D eigenvalue weighted by Gasteiger charge is 2.21. The van der Waals surface area contributed by atoms with Gasteiger partial charge in [0, 0.05) is 18.8 Å². The first-order valence-corrected chi connectivity index (χ1v) is 5.73.